The number of halogens is 1. The number of rotatable bonds is 6. The summed E-state index contributed by atoms with van der Waals surface area (Å²) in [6.07, 6.45) is 0. The molecule has 0 radical (unpaired) electrons. The lowest BCUT2D eigenvalue weighted by atomic mass is 10.1. The molecular weight excluding hydrogens is 355 g/mol. The highest BCUT2D eigenvalue weighted by atomic mass is 19.1. The van der Waals surface area contributed by atoms with Crippen molar-refractivity contribution in [1.82, 2.24) is 25.4 Å². The molecule has 146 valence electrons. The minimum absolute atomic E-state index is 0.0364. The van der Waals surface area contributed by atoms with Crippen LogP contribution in [0.1, 0.15) is 35.7 Å². The van der Waals surface area contributed by atoms with Gasteiger partial charge >= 0.3 is 0 Å². The van der Waals surface area contributed by atoms with E-state index in [0.29, 0.717) is 18.1 Å². The predicted octanol–water partition coefficient (Wildman–Crippen LogP) is 3.26. The number of nitrogens with one attached hydrogen (secondary N) is 2. The van der Waals surface area contributed by atoms with Crippen LogP contribution < -0.4 is 10.6 Å². The minimum Gasteiger partial charge on any atom is -0.350 e. The van der Waals surface area contributed by atoms with Crippen LogP contribution in [0, 0.1) is 12.7 Å². The Morgan fingerprint density at radius 2 is 1.82 bits per heavy atom. The molecule has 0 amide bonds. The molecule has 2 N–H and O–H groups in total. The van der Waals surface area contributed by atoms with Crippen LogP contribution in [0.2, 0.25) is 0 Å². The van der Waals surface area contributed by atoms with Crippen LogP contribution in [0.3, 0.4) is 0 Å². The molecule has 1 atom stereocenters. The van der Waals surface area contributed by atoms with Crippen LogP contribution in [0.5, 0.6) is 0 Å². The summed E-state index contributed by atoms with van der Waals surface area (Å²) in [6, 6.07) is 16.8. The quantitative estimate of drug-likeness (QED) is 0.509. The summed E-state index contributed by atoms with van der Waals surface area (Å²) in [5, 5.41) is 14.9. The third-order valence-corrected chi connectivity index (χ3v) is 4.61. The lowest BCUT2D eigenvalue weighted by molar-refractivity contribution is 0.609. The van der Waals surface area contributed by atoms with E-state index in [1.807, 2.05) is 42.8 Å². The van der Waals surface area contributed by atoms with Gasteiger partial charge in [0.25, 0.3) is 0 Å². The van der Waals surface area contributed by atoms with Gasteiger partial charge in [-0.2, -0.15) is 0 Å². The van der Waals surface area contributed by atoms with E-state index < -0.39 is 0 Å². The zero-order valence-corrected chi connectivity index (χ0v) is 16.4. The van der Waals surface area contributed by atoms with Crippen LogP contribution >= 0.6 is 0 Å². The maximum absolute atomic E-state index is 13.9. The van der Waals surface area contributed by atoms with Crippen LogP contribution in [0.25, 0.3) is 0 Å². The van der Waals surface area contributed by atoms with E-state index in [1.54, 1.807) is 12.1 Å². The second-order valence-electron chi connectivity index (χ2n) is 6.61. The van der Waals surface area contributed by atoms with Gasteiger partial charge in [-0.25, -0.2) is 9.38 Å². The Bertz CT molecular complexity index is 935. The number of benzene rings is 2. The molecule has 6 nitrogen and oxygen atoms in total. The number of hydrogen-bond acceptors (Lipinski definition) is 3. The molecule has 28 heavy (non-hydrogen) atoms. The lowest BCUT2D eigenvalue weighted by Crippen LogP contribution is -2.39. The third kappa shape index (κ3) is 4.94. The summed E-state index contributed by atoms with van der Waals surface area (Å²) in [7, 11) is 1.92. The van der Waals surface area contributed by atoms with E-state index >= 15 is 0 Å². The highest BCUT2D eigenvalue weighted by Gasteiger charge is 2.10. The summed E-state index contributed by atoms with van der Waals surface area (Å²) in [5.41, 5.74) is 1.68. The van der Waals surface area contributed by atoms with Crippen molar-refractivity contribution >= 4 is 5.96 Å². The fourth-order valence-electron chi connectivity index (χ4n) is 2.74. The molecule has 0 saturated heterocycles. The summed E-state index contributed by atoms with van der Waals surface area (Å²) in [6.45, 7) is 4.66. The fraction of sp³-hybridized carbons (Fsp3) is 0.286. The summed E-state index contributed by atoms with van der Waals surface area (Å²) < 4.78 is 15.9. The van der Waals surface area contributed by atoms with Crippen molar-refractivity contribution in [1.29, 1.82) is 0 Å². The first-order chi connectivity index (χ1) is 13.5. The van der Waals surface area contributed by atoms with Gasteiger partial charge in [-0.15, -0.1) is 10.2 Å². The van der Waals surface area contributed by atoms with Gasteiger partial charge < -0.3 is 15.2 Å². The molecule has 3 aromatic rings. The Kier molecular flexibility index (Phi) is 6.37. The Balaban J connectivity index is 1.75. The summed E-state index contributed by atoms with van der Waals surface area (Å²) in [4.78, 5) is 4.57. The van der Waals surface area contributed by atoms with Crippen molar-refractivity contribution in [2.45, 2.75) is 33.0 Å². The zero-order valence-electron chi connectivity index (χ0n) is 16.4. The van der Waals surface area contributed by atoms with Crippen molar-refractivity contribution in [2.75, 3.05) is 0 Å². The molecule has 0 bridgehead atoms. The number of aliphatic imine (C=N–C) groups is 1. The standard InChI is InChI=1S/C21H25FN6/c1-15(17-9-5-4-6-10-17)25-21(23-13-18-11-7-8-12-19(18)22)24-14-20-27-26-16(2)28(20)3/h4-12,15H,13-14H2,1-3H3,(H2,23,24,25). The molecule has 0 aliphatic heterocycles. The number of guanidine groups is 1. The predicted molar refractivity (Wildman–Crippen MR) is 108 cm³/mol. The molecule has 1 unspecified atom stereocenters. The number of nitrogens with zero attached hydrogens (tertiary/aromatic N) is 4. The lowest BCUT2D eigenvalue weighted by Gasteiger charge is -2.18. The molecule has 1 heterocycles. The minimum atomic E-state index is -0.259. The average molecular weight is 380 g/mol. The molecule has 3 rings (SSSR count). The highest BCUT2D eigenvalue weighted by Crippen LogP contribution is 2.12. The van der Waals surface area contributed by atoms with Crippen LogP contribution in [0.4, 0.5) is 4.39 Å². The van der Waals surface area contributed by atoms with Gasteiger partial charge in [0.1, 0.15) is 11.6 Å². The fourth-order valence-corrected chi connectivity index (χ4v) is 2.74. The first kappa shape index (κ1) is 19.5. The number of hydrogen-bond donors (Lipinski definition) is 2. The highest BCUT2D eigenvalue weighted by molar-refractivity contribution is 5.80. The van der Waals surface area contributed by atoms with E-state index in [9.17, 15) is 4.39 Å². The van der Waals surface area contributed by atoms with Gasteiger partial charge in [0, 0.05) is 12.6 Å². The van der Waals surface area contributed by atoms with Crippen molar-refractivity contribution in [2.24, 2.45) is 12.0 Å². The molecule has 7 heteroatoms. The first-order valence-electron chi connectivity index (χ1n) is 9.22. The molecular formula is C21H25FN6. The molecule has 0 saturated carbocycles. The first-order valence-corrected chi connectivity index (χ1v) is 9.22. The molecule has 0 spiro atoms. The van der Waals surface area contributed by atoms with Gasteiger partial charge in [0.15, 0.2) is 11.8 Å². The Morgan fingerprint density at radius 3 is 2.50 bits per heavy atom. The zero-order chi connectivity index (χ0) is 19.9. The van der Waals surface area contributed by atoms with Gasteiger partial charge in [0.2, 0.25) is 0 Å². The second kappa shape index (κ2) is 9.12. The van der Waals surface area contributed by atoms with Gasteiger partial charge in [0.05, 0.1) is 19.1 Å². The Labute approximate surface area is 164 Å². The molecule has 1 aromatic heterocycles. The summed E-state index contributed by atoms with van der Waals surface area (Å²) >= 11 is 0. The maximum Gasteiger partial charge on any atom is 0.192 e. The monoisotopic (exact) mass is 380 g/mol. The topological polar surface area (TPSA) is 67.1 Å². The SMILES string of the molecule is Cc1nnc(CNC(=NCc2ccccc2F)NC(C)c2ccccc2)n1C. The molecule has 0 aliphatic rings. The number of aromatic nitrogens is 3. The maximum atomic E-state index is 13.9. The van der Waals surface area contributed by atoms with E-state index in [0.717, 1.165) is 17.2 Å². The Hall–Kier alpha value is -3.22. The smallest absolute Gasteiger partial charge is 0.192 e. The van der Waals surface area contributed by atoms with Crippen molar-refractivity contribution < 1.29 is 4.39 Å². The normalized spacial score (nSPS) is 12.6. The van der Waals surface area contributed by atoms with Crippen LogP contribution in [-0.2, 0) is 20.1 Å². The van der Waals surface area contributed by atoms with E-state index in [1.165, 1.54) is 6.07 Å². The second-order valence-corrected chi connectivity index (χ2v) is 6.61. The molecule has 0 aliphatic carbocycles. The third-order valence-electron chi connectivity index (χ3n) is 4.61. The van der Waals surface area contributed by atoms with E-state index in [4.69, 9.17) is 0 Å². The average Bonchev–Trinajstić information content (AvgIpc) is 3.03. The molecule has 2 aromatic carbocycles. The van der Waals surface area contributed by atoms with Crippen molar-refractivity contribution in [3.63, 3.8) is 0 Å². The van der Waals surface area contributed by atoms with Crippen LogP contribution in [0.15, 0.2) is 59.6 Å². The van der Waals surface area contributed by atoms with Gasteiger partial charge in [-0.05, 0) is 25.5 Å². The number of aryl methyl sites for hydroxylation is 1. The Morgan fingerprint density at radius 1 is 1.11 bits per heavy atom. The van der Waals surface area contributed by atoms with Crippen LogP contribution in [-0.4, -0.2) is 20.7 Å². The largest absolute Gasteiger partial charge is 0.350 e. The summed E-state index contributed by atoms with van der Waals surface area (Å²) in [5.74, 6) is 1.96. The van der Waals surface area contributed by atoms with E-state index in [2.05, 4.69) is 44.9 Å². The van der Waals surface area contributed by atoms with Gasteiger partial charge in [-0.1, -0.05) is 48.5 Å². The van der Waals surface area contributed by atoms with Crippen molar-refractivity contribution in [3.05, 3.63) is 83.2 Å². The van der Waals surface area contributed by atoms with Gasteiger partial charge in [-0.3, -0.25) is 0 Å². The van der Waals surface area contributed by atoms with E-state index in [-0.39, 0.29) is 18.4 Å². The van der Waals surface area contributed by atoms with Crippen molar-refractivity contribution in [3.8, 4) is 0 Å². The molecule has 0 fully saturated rings.